The van der Waals surface area contributed by atoms with Crippen molar-refractivity contribution >= 4 is 28.8 Å². The highest BCUT2D eigenvalue weighted by molar-refractivity contribution is 6.38. The second-order valence-corrected chi connectivity index (χ2v) is 8.25. The normalized spacial score (nSPS) is 18.5. The number of nitrogens with one attached hydrogen (secondary N) is 1. The van der Waals surface area contributed by atoms with Crippen LogP contribution in [0.15, 0.2) is 53.9 Å². The molecular formula is C23H26FN7O. The van der Waals surface area contributed by atoms with Crippen molar-refractivity contribution in [1.82, 2.24) is 19.6 Å². The summed E-state index contributed by atoms with van der Waals surface area (Å²) in [6.07, 6.45) is 5.81. The lowest BCUT2D eigenvalue weighted by molar-refractivity contribution is -0.115. The number of benzene rings is 1. The summed E-state index contributed by atoms with van der Waals surface area (Å²) >= 11 is 0. The molecule has 0 saturated carbocycles. The number of likely N-dealkylation sites (N-methyl/N-ethyl adjacent to an activating group) is 1. The van der Waals surface area contributed by atoms with E-state index in [1.807, 2.05) is 19.3 Å². The van der Waals surface area contributed by atoms with Gasteiger partial charge in [-0.25, -0.2) is 14.4 Å². The maximum atomic E-state index is 13.2. The standard InChI is InChI=1S/C23H26FN7O/c1-3-17-13-29-11-4-5-20(29)21(25-17)30-12-10-18(14-30)26-23(32)22-27-31(15-28(22)2)19-8-6-16(24)7-9-19/h4-9,11,13,18H,3,10,12,14-15H2,1-2H3,(H,26,32)/t18-/m0/s1. The molecule has 1 fully saturated rings. The molecule has 2 aliphatic rings. The first-order chi connectivity index (χ1) is 15.5. The van der Waals surface area contributed by atoms with Gasteiger partial charge in [0.2, 0.25) is 5.84 Å². The molecule has 1 aromatic carbocycles. The SMILES string of the molecule is CCc1cn2cccc2c(N2CC[C@H](NC(=O)C3=NN(c4ccc(F)cc4)CN3C)C2)n1. The fraction of sp³-hybridized carbons (Fsp3) is 0.348. The van der Waals surface area contributed by atoms with Crippen molar-refractivity contribution < 1.29 is 9.18 Å². The number of halogens is 1. The van der Waals surface area contributed by atoms with Crippen LogP contribution >= 0.6 is 0 Å². The first-order valence-corrected chi connectivity index (χ1v) is 10.9. The predicted molar refractivity (Wildman–Crippen MR) is 122 cm³/mol. The fourth-order valence-corrected chi connectivity index (χ4v) is 4.26. The molecule has 0 aliphatic carbocycles. The molecule has 0 unspecified atom stereocenters. The highest BCUT2D eigenvalue weighted by Gasteiger charge is 2.31. The number of hydrazone groups is 1. The lowest BCUT2D eigenvalue weighted by Crippen LogP contribution is -2.45. The first kappa shape index (κ1) is 20.3. The van der Waals surface area contributed by atoms with Crippen LogP contribution in [-0.4, -0.2) is 58.9 Å². The van der Waals surface area contributed by atoms with Crippen LogP contribution in [-0.2, 0) is 11.2 Å². The van der Waals surface area contributed by atoms with Gasteiger partial charge in [-0.05, 0) is 49.2 Å². The Hall–Kier alpha value is -3.62. The lowest BCUT2D eigenvalue weighted by atomic mass is 10.2. The number of hydrogen-bond donors (Lipinski definition) is 1. The molecule has 5 rings (SSSR count). The van der Waals surface area contributed by atoms with Gasteiger partial charge in [0.1, 0.15) is 12.5 Å². The number of amides is 1. The molecule has 32 heavy (non-hydrogen) atoms. The molecule has 2 aromatic heterocycles. The van der Waals surface area contributed by atoms with Crippen LogP contribution in [0.25, 0.3) is 5.52 Å². The molecule has 2 aliphatic heterocycles. The van der Waals surface area contributed by atoms with Crippen LogP contribution in [0.1, 0.15) is 19.0 Å². The quantitative estimate of drug-likeness (QED) is 0.667. The van der Waals surface area contributed by atoms with E-state index < -0.39 is 0 Å². The Morgan fingerprint density at radius 3 is 2.84 bits per heavy atom. The number of amidine groups is 1. The summed E-state index contributed by atoms with van der Waals surface area (Å²) in [6.45, 7) is 4.06. The van der Waals surface area contributed by atoms with Gasteiger partial charge in [0, 0.05) is 38.6 Å². The molecule has 0 spiro atoms. The monoisotopic (exact) mass is 435 g/mol. The van der Waals surface area contributed by atoms with Crippen LogP contribution < -0.4 is 15.2 Å². The summed E-state index contributed by atoms with van der Waals surface area (Å²) in [5.41, 5.74) is 2.86. The minimum Gasteiger partial charge on any atom is -0.353 e. The average Bonchev–Trinajstić information content (AvgIpc) is 3.53. The van der Waals surface area contributed by atoms with Crippen LogP contribution in [0, 0.1) is 5.82 Å². The van der Waals surface area contributed by atoms with Gasteiger partial charge in [-0.2, -0.15) is 0 Å². The van der Waals surface area contributed by atoms with Crippen molar-refractivity contribution in [2.45, 2.75) is 25.8 Å². The Kier molecular flexibility index (Phi) is 5.16. The Labute approximate surface area is 185 Å². The number of anilines is 2. The van der Waals surface area contributed by atoms with Gasteiger partial charge in [-0.15, -0.1) is 5.10 Å². The molecule has 1 amide bonds. The fourth-order valence-electron chi connectivity index (χ4n) is 4.26. The molecular weight excluding hydrogens is 409 g/mol. The molecule has 1 N–H and O–H groups in total. The zero-order valence-corrected chi connectivity index (χ0v) is 18.2. The van der Waals surface area contributed by atoms with Gasteiger partial charge in [-0.3, -0.25) is 4.79 Å². The van der Waals surface area contributed by atoms with E-state index in [0.29, 0.717) is 19.0 Å². The summed E-state index contributed by atoms with van der Waals surface area (Å²) in [7, 11) is 1.83. The number of hydrogen-bond acceptors (Lipinski definition) is 6. The third-order valence-corrected chi connectivity index (χ3v) is 5.98. The van der Waals surface area contributed by atoms with E-state index in [1.165, 1.54) is 12.1 Å². The Morgan fingerprint density at radius 1 is 1.25 bits per heavy atom. The molecule has 9 heteroatoms. The molecule has 0 bridgehead atoms. The highest BCUT2D eigenvalue weighted by Crippen LogP contribution is 2.25. The van der Waals surface area contributed by atoms with E-state index in [2.05, 4.69) is 38.9 Å². The van der Waals surface area contributed by atoms with E-state index >= 15 is 0 Å². The third kappa shape index (κ3) is 3.74. The number of carbonyl (C=O) groups is 1. The maximum absolute atomic E-state index is 13.2. The molecule has 166 valence electrons. The summed E-state index contributed by atoms with van der Waals surface area (Å²) in [4.78, 5) is 21.8. The van der Waals surface area contributed by atoms with Crippen molar-refractivity contribution in [3.8, 4) is 0 Å². The molecule has 0 radical (unpaired) electrons. The molecule has 8 nitrogen and oxygen atoms in total. The van der Waals surface area contributed by atoms with Crippen molar-refractivity contribution in [2.24, 2.45) is 5.10 Å². The second kappa shape index (κ2) is 8.14. The van der Waals surface area contributed by atoms with Gasteiger partial charge in [0.15, 0.2) is 5.82 Å². The number of rotatable bonds is 5. The van der Waals surface area contributed by atoms with E-state index in [4.69, 9.17) is 4.98 Å². The smallest absolute Gasteiger partial charge is 0.289 e. The summed E-state index contributed by atoms with van der Waals surface area (Å²) in [6, 6.07) is 10.2. The summed E-state index contributed by atoms with van der Waals surface area (Å²) in [5, 5.41) is 9.28. The van der Waals surface area contributed by atoms with E-state index in [-0.39, 0.29) is 17.8 Å². The van der Waals surface area contributed by atoms with Crippen LogP contribution in [0.2, 0.25) is 0 Å². The van der Waals surface area contributed by atoms with Gasteiger partial charge in [0.25, 0.3) is 5.91 Å². The van der Waals surface area contributed by atoms with Crippen LogP contribution in [0.3, 0.4) is 0 Å². The van der Waals surface area contributed by atoms with E-state index in [1.54, 1.807) is 22.0 Å². The van der Waals surface area contributed by atoms with Crippen molar-refractivity contribution in [3.05, 3.63) is 60.3 Å². The maximum Gasteiger partial charge on any atom is 0.289 e. The van der Waals surface area contributed by atoms with Gasteiger partial charge >= 0.3 is 0 Å². The predicted octanol–water partition coefficient (Wildman–Crippen LogP) is 2.45. The van der Waals surface area contributed by atoms with Gasteiger partial charge in [0.05, 0.1) is 16.9 Å². The first-order valence-electron chi connectivity index (χ1n) is 10.9. The topological polar surface area (TPSA) is 68.5 Å². The van der Waals surface area contributed by atoms with Gasteiger partial charge in [-0.1, -0.05) is 6.92 Å². The zero-order valence-electron chi connectivity index (χ0n) is 18.2. The van der Waals surface area contributed by atoms with Crippen LogP contribution in [0.5, 0.6) is 0 Å². The zero-order chi connectivity index (χ0) is 22.2. The largest absolute Gasteiger partial charge is 0.353 e. The van der Waals surface area contributed by atoms with Gasteiger partial charge < -0.3 is 19.5 Å². The molecule has 1 saturated heterocycles. The van der Waals surface area contributed by atoms with Crippen molar-refractivity contribution in [1.29, 1.82) is 0 Å². The number of nitrogens with zero attached hydrogens (tertiary/aromatic N) is 6. The summed E-state index contributed by atoms with van der Waals surface area (Å²) < 4.78 is 15.3. The molecule has 3 aromatic rings. The number of fused-ring (bicyclic) bond motifs is 1. The average molecular weight is 436 g/mol. The minimum absolute atomic E-state index is 0.0144. The second-order valence-electron chi connectivity index (χ2n) is 8.25. The van der Waals surface area contributed by atoms with Crippen molar-refractivity contribution in [3.63, 3.8) is 0 Å². The molecule has 1 atom stereocenters. The third-order valence-electron chi connectivity index (χ3n) is 5.98. The minimum atomic E-state index is -0.301. The molecule has 4 heterocycles. The van der Waals surface area contributed by atoms with Crippen LogP contribution in [0.4, 0.5) is 15.9 Å². The summed E-state index contributed by atoms with van der Waals surface area (Å²) in [5.74, 6) is 0.814. The Balaban J connectivity index is 1.28. The number of aromatic nitrogens is 2. The number of carbonyl (C=O) groups excluding carboxylic acids is 1. The lowest BCUT2D eigenvalue weighted by Gasteiger charge is -2.20. The highest BCUT2D eigenvalue weighted by atomic mass is 19.1. The Morgan fingerprint density at radius 2 is 2.06 bits per heavy atom. The van der Waals surface area contributed by atoms with E-state index in [9.17, 15) is 9.18 Å². The van der Waals surface area contributed by atoms with Crippen molar-refractivity contribution in [2.75, 3.05) is 36.7 Å². The Bertz CT molecular complexity index is 1170. The number of aryl methyl sites for hydroxylation is 1. The van der Waals surface area contributed by atoms with E-state index in [0.717, 1.165) is 42.1 Å².